The van der Waals surface area contributed by atoms with Crippen molar-refractivity contribution in [3.05, 3.63) is 53.6 Å². The first kappa shape index (κ1) is 13.8. The number of rotatable bonds is 3. The molecular formula is C17H19NO3. The molecule has 1 heterocycles. The van der Waals surface area contributed by atoms with Gasteiger partial charge in [0.15, 0.2) is 11.5 Å². The predicted octanol–water partition coefficient (Wildman–Crippen LogP) is 3.23. The van der Waals surface area contributed by atoms with E-state index in [1.807, 2.05) is 42.5 Å². The van der Waals surface area contributed by atoms with E-state index in [1.165, 1.54) is 0 Å². The summed E-state index contributed by atoms with van der Waals surface area (Å²) in [5, 5.41) is 0. The lowest BCUT2D eigenvalue weighted by Gasteiger charge is -2.30. The molecule has 1 aliphatic heterocycles. The third-order valence-electron chi connectivity index (χ3n) is 3.84. The van der Waals surface area contributed by atoms with Gasteiger partial charge in [0.1, 0.15) is 11.9 Å². The first-order valence-corrected chi connectivity index (χ1v) is 6.96. The molecule has 0 saturated heterocycles. The molecule has 1 aliphatic rings. The Morgan fingerprint density at radius 3 is 2.57 bits per heavy atom. The maximum absolute atomic E-state index is 6.26. The van der Waals surface area contributed by atoms with Crippen molar-refractivity contribution in [2.24, 2.45) is 5.73 Å². The number of hydrogen-bond donors (Lipinski definition) is 1. The Labute approximate surface area is 124 Å². The van der Waals surface area contributed by atoms with E-state index in [2.05, 4.69) is 0 Å². The van der Waals surface area contributed by atoms with Gasteiger partial charge in [-0.3, -0.25) is 0 Å². The van der Waals surface area contributed by atoms with Gasteiger partial charge in [-0.05, 0) is 23.8 Å². The van der Waals surface area contributed by atoms with Crippen LogP contribution in [-0.2, 0) is 0 Å². The van der Waals surface area contributed by atoms with Gasteiger partial charge in [0.25, 0.3) is 0 Å². The lowest BCUT2D eigenvalue weighted by Crippen LogP contribution is -2.24. The number of hydrogen-bond acceptors (Lipinski definition) is 4. The van der Waals surface area contributed by atoms with Crippen LogP contribution >= 0.6 is 0 Å². The van der Waals surface area contributed by atoms with Crippen LogP contribution in [0.15, 0.2) is 42.5 Å². The maximum Gasteiger partial charge on any atom is 0.161 e. The molecule has 110 valence electrons. The molecule has 4 heteroatoms. The Balaban J connectivity index is 1.92. The molecular weight excluding hydrogens is 266 g/mol. The maximum atomic E-state index is 6.26. The summed E-state index contributed by atoms with van der Waals surface area (Å²) in [7, 11) is 3.26. The van der Waals surface area contributed by atoms with Gasteiger partial charge in [-0.1, -0.05) is 24.3 Å². The van der Waals surface area contributed by atoms with Crippen molar-refractivity contribution in [1.29, 1.82) is 0 Å². The molecule has 2 atom stereocenters. The quantitative estimate of drug-likeness (QED) is 0.940. The third-order valence-corrected chi connectivity index (χ3v) is 3.84. The summed E-state index contributed by atoms with van der Waals surface area (Å²) >= 11 is 0. The van der Waals surface area contributed by atoms with Crippen molar-refractivity contribution in [2.75, 3.05) is 14.2 Å². The van der Waals surface area contributed by atoms with Gasteiger partial charge in [0, 0.05) is 18.0 Å². The summed E-state index contributed by atoms with van der Waals surface area (Å²) in [5.41, 5.74) is 8.37. The number of ether oxygens (including phenoxy) is 3. The summed E-state index contributed by atoms with van der Waals surface area (Å²) < 4.78 is 16.7. The summed E-state index contributed by atoms with van der Waals surface area (Å²) in [6, 6.07) is 13.7. The first-order valence-electron chi connectivity index (χ1n) is 6.96. The zero-order valence-electron chi connectivity index (χ0n) is 12.2. The standard InChI is InChI=1S/C17H19NO3/c1-19-15-8-7-11(9-17(15)20-2)16-10-13(18)12-5-3-4-6-14(12)21-16/h3-9,13,16H,10,18H2,1-2H3/t13-,16-/m0/s1. The molecule has 0 radical (unpaired) electrons. The zero-order chi connectivity index (χ0) is 14.8. The Morgan fingerprint density at radius 2 is 1.81 bits per heavy atom. The van der Waals surface area contributed by atoms with E-state index >= 15 is 0 Å². The number of nitrogens with two attached hydrogens (primary N) is 1. The van der Waals surface area contributed by atoms with Gasteiger partial charge in [-0.2, -0.15) is 0 Å². The summed E-state index contributed by atoms with van der Waals surface area (Å²) in [6.07, 6.45) is 0.668. The van der Waals surface area contributed by atoms with Crippen molar-refractivity contribution in [1.82, 2.24) is 0 Å². The molecule has 2 aromatic carbocycles. The molecule has 3 rings (SSSR count). The van der Waals surface area contributed by atoms with Gasteiger partial charge in [0.05, 0.1) is 14.2 Å². The van der Waals surface area contributed by atoms with Gasteiger partial charge in [-0.25, -0.2) is 0 Å². The van der Waals surface area contributed by atoms with Crippen LogP contribution in [-0.4, -0.2) is 14.2 Å². The van der Waals surface area contributed by atoms with Crippen molar-refractivity contribution in [3.63, 3.8) is 0 Å². The summed E-state index contributed by atoms with van der Waals surface area (Å²) in [4.78, 5) is 0. The van der Waals surface area contributed by atoms with E-state index in [9.17, 15) is 0 Å². The van der Waals surface area contributed by atoms with Crippen LogP contribution in [0.25, 0.3) is 0 Å². The number of methoxy groups -OCH3 is 2. The first-order chi connectivity index (χ1) is 10.2. The Bertz CT molecular complexity index is 642. The normalized spacial score (nSPS) is 20.3. The fourth-order valence-corrected chi connectivity index (χ4v) is 2.71. The van der Waals surface area contributed by atoms with Crippen molar-refractivity contribution in [3.8, 4) is 17.2 Å². The second-order valence-corrected chi connectivity index (χ2v) is 5.10. The largest absolute Gasteiger partial charge is 0.493 e. The molecule has 0 aromatic heterocycles. The molecule has 0 spiro atoms. The van der Waals surface area contributed by atoms with Gasteiger partial charge >= 0.3 is 0 Å². The topological polar surface area (TPSA) is 53.7 Å². The van der Waals surface area contributed by atoms with Crippen molar-refractivity contribution < 1.29 is 14.2 Å². The van der Waals surface area contributed by atoms with Crippen LogP contribution in [0.5, 0.6) is 17.2 Å². The highest BCUT2D eigenvalue weighted by Gasteiger charge is 2.27. The fourth-order valence-electron chi connectivity index (χ4n) is 2.71. The minimum absolute atomic E-state index is 0.0203. The minimum Gasteiger partial charge on any atom is -0.493 e. The molecule has 21 heavy (non-hydrogen) atoms. The molecule has 0 aliphatic carbocycles. The molecule has 0 bridgehead atoms. The molecule has 0 amide bonds. The summed E-state index contributed by atoms with van der Waals surface area (Å²) in [6.45, 7) is 0. The number of fused-ring (bicyclic) bond motifs is 1. The van der Waals surface area contributed by atoms with E-state index in [1.54, 1.807) is 14.2 Å². The molecule has 2 aromatic rings. The molecule has 2 N–H and O–H groups in total. The van der Waals surface area contributed by atoms with Crippen LogP contribution in [0.1, 0.15) is 29.7 Å². The van der Waals surface area contributed by atoms with Gasteiger partial charge < -0.3 is 19.9 Å². The SMILES string of the molecule is COc1ccc([C@@H]2C[C@H](N)c3ccccc3O2)cc1OC. The van der Waals surface area contributed by atoms with Gasteiger partial charge in [0.2, 0.25) is 0 Å². The second kappa shape index (κ2) is 5.66. The minimum atomic E-state index is -0.0743. The fraction of sp³-hybridized carbons (Fsp3) is 0.294. The monoisotopic (exact) mass is 285 g/mol. The summed E-state index contributed by atoms with van der Waals surface area (Å²) in [5.74, 6) is 2.27. The average Bonchev–Trinajstić information content (AvgIpc) is 2.54. The van der Waals surface area contributed by atoms with Crippen LogP contribution in [0.2, 0.25) is 0 Å². The highest BCUT2D eigenvalue weighted by molar-refractivity contribution is 5.45. The highest BCUT2D eigenvalue weighted by Crippen LogP contribution is 2.41. The van der Waals surface area contributed by atoms with E-state index in [0.717, 1.165) is 23.3 Å². The number of benzene rings is 2. The average molecular weight is 285 g/mol. The Hall–Kier alpha value is -2.20. The Morgan fingerprint density at radius 1 is 1.05 bits per heavy atom. The van der Waals surface area contributed by atoms with E-state index < -0.39 is 0 Å². The predicted molar refractivity (Wildman–Crippen MR) is 80.9 cm³/mol. The van der Waals surface area contributed by atoms with E-state index in [0.29, 0.717) is 11.5 Å². The van der Waals surface area contributed by atoms with Crippen LogP contribution < -0.4 is 19.9 Å². The third kappa shape index (κ3) is 2.54. The smallest absolute Gasteiger partial charge is 0.161 e. The number of para-hydroxylation sites is 1. The molecule has 4 nitrogen and oxygen atoms in total. The lowest BCUT2D eigenvalue weighted by atomic mass is 9.93. The molecule has 0 fully saturated rings. The highest BCUT2D eigenvalue weighted by atomic mass is 16.5. The van der Waals surface area contributed by atoms with E-state index in [4.69, 9.17) is 19.9 Å². The van der Waals surface area contributed by atoms with Crippen molar-refractivity contribution >= 4 is 0 Å². The van der Waals surface area contributed by atoms with Gasteiger partial charge in [-0.15, -0.1) is 0 Å². The van der Waals surface area contributed by atoms with Crippen LogP contribution in [0.4, 0.5) is 0 Å². The zero-order valence-corrected chi connectivity index (χ0v) is 12.2. The van der Waals surface area contributed by atoms with Crippen LogP contribution in [0.3, 0.4) is 0 Å². The second-order valence-electron chi connectivity index (χ2n) is 5.10. The Kier molecular flexibility index (Phi) is 3.71. The van der Waals surface area contributed by atoms with Crippen molar-refractivity contribution in [2.45, 2.75) is 18.6 Å². The molecule has 0 unspecified atom stereocenters. The van der Waals surface area contributed by atoms with Crippen LogP contribution in [0, 0.1) is 0 Å². The molecule has 0 saturated carbocycles. The lowest BCUT2D eigenvalue weighted by molar-refractivity contribution is 0.161. The van der Waals surface area contributed by atoms with E-state index in [-0.39, 0.29) is 12.1 Å².